The van der Waals surface area contributed by atoms with Crippen LogP contribution in [-0.2, 0) is 12.8 Å². The number of benzene rings is 1. The molecule has 1 aliphatic rings. The molecule has 1 heterocycles. The van der Waals surface area contributed by atoms with E-state index in [-0.39, 0.29) is 17.2 Å². The predicted molar refractivity (Wildman–Crippen MR) is 135 cm³/mol. The number of halogens is 1. The molecule has 0 saturated carbocycles. The number of thiophene rings is 1. The van der Waals surface area contributed by atoms with Gasteiger partial charge in [0.2, 0.25) is 0 Å². The minimum Gasteiger partial charge on any atom is -0.331 e. The van der Waals surface area contributed by atoms with Gasteiger partial charge in [0.15, 0.2) is 0 Å². The van der Waals surface area contributed by atoms with Gasteiger partial charge >= 0.3 is 0 Å². The van der Waals surface area contributed by atoms with Crippen LogP contribution in [0, 0.1) is 11.3 Å². The Hall–Kier alpha value is -2.37. The molecule has 1 aliphatic carbocycles. The Labute approximate surface area is 200 Å². The first kappa shape index (κ1) is 24.3. The molecule has 170 valence electrons. The summed E-state index contributed by atoms with van der Waals surface area (Å²) in [7, 11) is 0. The van der Waals surface area contributed by atoms with Crippen LogP contribution in [-0.4, -0.2) is 29.8 Å². The molecule has 3 rings (SSSR count). The number of nitrogens with zero attached hydrogens (tertiary/aromatic N) is 1. The van der Waals surface area contributed by atoms with Gasteiger partial charge in [0, 0.05) is 18.0 Å². The van der Waals surface area contributed by atoms with Gasteiger partial charge in [0.25, 0.3) is 11.8 Å². The minimum absolute atomic E-state index is 0.106. The van der Waals surface area contributed by atoms with E-state index in [1.165, 1.54) is 16.2 Å². The molecule has 1 N–H and O–H groups in total. The molecule has 32 heavy (non-hydrogen) atoms. The average molecular weight is 471 g/mol. The van der Waals surface area contributed by atoms with Gasteiger partial charge in [-0.1, -0.05) is 56.7 Å². The molecule has 1 aromatic heterocycles. The lowest BCUT2D eigenvalue weighted by molar-refractivity contribution is 0.0790. The lowest BCUT2D eigenvalue weighted by atomic mass is 9.72. The predicted octanol–water partition coefficient (Wildman–Crippen LogP) is 6.62. The van der Waals surface area contributed by atoms with Crippen molar-refractivity contribution in [1.29, 1.82) is 0 Å². The Kier molecular flexibility index (Phi) is 7.63. The molecule has 2 amide bonds. The van der Waals surface area contributed by atoms with Gasteiger partial charge in [-0.2, -0.15) is 0 Å². The number of hydrogen-bond acceptors (Lipinski definition) is 3. The van der Waals surface area contributed by atoms with Crippen LogP contribution in [0.4, 0.5) is 5.00 Å². The van der Waals surface area contributed by atoms with Gasteiger partial charge in [0.1, 0.15) is 5.00 Å². The fraction of sp³-hybridized carbons (Fsp3) is 0.385. The quantitative estimate of drug-likeness (QED) is 0.462. The van der Waals surface area contributed by atoms with Crippen LogP contribution in [0.5, 0.6) is 0 Å². The summed E-state index contributed by atoms with van der Waals surface area (Å²) in [4.78, 5) is 29.5. The highest BCUT2D eigenvalue weighted by Crippen LogP contribution is 2.44. The van der Waals surface area contributed by atoms with Gasteiger partial charge in [-0.05, 0) is 48.3 Å². The van der Waals surface area contributed by atoms with Gasteiger partial charge in [-0.15, -0.1) is 24.5 Å². The van der Waals surface area contributed by atoms with Gasteiger partial charge in [-0.25, -0.2) is 0 Å². The van der Waals surface area contributed by atoms with Crippen molar-refractivity contribution in [3.63, 3.8) is 0 Å². The Balaban J connectivity index is 2.03. The lowest BCUT2D eigenvalue weighted by Gasteiger charge is -2.34. The molecule has 0 radical (unpaired) electrons. The molecule has 0 unspecified atom stereocenters. The summed E-state index contributed by atoms with van der Waals surface area (Å²) in [5.41, 5.74) is 2.24. The average Bonchev–Trinajstić information content (AvgIpc) is 3.09. The lowest BCUT2D eigenvalue weighted by Crippen LogP contribution is -2.33. The molecule has 0 saturated heterocycles. The zero-order valence-electron chi connectivity index (χ0n) is 19.0. The zero-order chi connectivity index (χ0) is 23.5. The van der Waals surface area contributed by atoms with Crippen LogP contribution >= 0.6 is 22.9 Å². The van der Waals surface area contributed by atoms with Crippen LogP contribution in [0.15, 0.2) is 49.6 Å². The summed E-state index contributed by atoms with van der Waals surface area (Å²) < 4.78 is 0. The first-order chi connectivity index (χ1) is 15.2. The molecule has 1 aromatic carbocycles. The van der Waals surface area contributed by atoms with Crippen LogP contribution in [0.25, 0.3) is 0 Å². The summed E-state index contributed by atoms with van der Waals surface area (Å²) in [5, 5.41) is 3.97. The maximum Gasteiger partial charge on any atom is 0.257 e. The summed E-state index contributed by atoms with van der Waals surface area (Å²) in [6.07, 6.45) is 6.17. The second-order valence-electron chi connectivity index (χ2n) is 9.24. The standard InChI is InChI=1S/C26H31ClN2O2S/c1-6-14-29(15-7-2)25(31)22-19-13-12-17(26(3,4)5)16-21(19)32-24(22)28-23(30)18-10-8-9-11-20(18)27/h6-11,17H,1-2,12-16H2,3-5H3,(H,28,30)/t17-/m0/s1. The molecule has 2 aromatic rings. The third-order valence-corrected chi connectivity index (χ3v) is 7.53. The van der Waals surface area contributed by atoms with Crippen LogP contribution < -0.4 is 5.32 Å². The molecule has 4 nitrogen and oxygen atoms in total. The first-order valence-corrected chi connectivity index (χ1v) is 12.1. The van der Waals surface area contributed by atoms with Crippen LogP contribution in [0.1, 0.15) is 58.3 Å². The Morgan fingerprint density at radius 1 is 1.22 bits per heavy atom. The molecule has 0 bridgehead atoms. The number of carbonyl (C=O) groups excluding carboxylic acids is 2. The van der Waals surface area contributed by atoms with Crippen molar-refractivity contribution in [2.45, 2.75) is 40.0 Å². The van der Waals surface area contributed by atoms with E-state index in [1.807, 2.05) is 0 Å². The van der Waals surface area contributed by atoms with Crippen molar-refractivity contribution in [2.75, 3.05) is 18.4 Å². The van der Waals surface area contributed by atoms with E-state index in [2.05, 4.69) is 39.2 Å². The first-order valence-electron chi connectivity index (χ1n) is 10.9. The second-order valence-corrected chi connectivity index (χ2v) is 10.7. The number of nitrogens with one attached hydrogen (secondary N) is 1. The summed E-state index contributed by atoms with van der Waals surface area (Å²) in [5.74, 6) is 0.113. The Morgan fingerprint density at radius 3 is 2.47 bits per heavy atom. The molecular formula is C26H31ClN2O2S. The number of anilines is 1. The summed E-state index contributed by atoms with van der Waals surface area (Å²) >= 11 is 7.75. The molecular weight excluding hydrogens is 440 g/mol. The number of fused-ring (bicyclic) bond motifs is 1. The monoisotopic (exact) mass is 470 g/mol. The third kappa shape index (κ3) is 5.16. The van der Waals surface area contributed by atoms with Gasteiger partial charge in [-0.3, -0.25) is 9.59 Å². The molecule has 1 atom stereocenters. The van der Waals surface area contributed by atoms with Crippen molar-refractivity contribution >= 4 is 39.8 Å². The van der Waals surface area contributed by atoms with E-state index < -0.39 is 0 Å². The summed E-state index contributed by atoms with van der Waals surface area (Å²) in [6, 6.07) is 6.93. The van der Waals surface area contributed by atoms with Crippen molar-refractivity contribution in [2.24, 2.45) is 11.3 Å². The number of hydrogen-bond donors (Lipinski definition) is 1. The molecule has 0 fully saturated rings. The summed E-state index contributed by atoms with van der Waals surface area (Å²) in [6.45, 7) is 15.2. The van der Waals surface area contributed by atoms with Gasteiger partial charge in [0.05, 0.1) is 16.1 Å². The molecule has 0 spiro atoms. The highest BCUT2D eigenvalue weighted by atomic mass is 35.5. The maximum atomic E-state index is 13.6. The van der Waals surface area contributed by atoms with Crippen molar-refractivity contribution in [3.05, 3.63) is 76.2 Å². The number of amides is 2. The van der Waals surface area contributed by atoms with E-state index in [0.29, 0.717) is 40.2 Å². The largest absolute Gasteiger partial charge is 0.331 e. The van der Waals surface area contributed by atoms with E-state index in [0.717, 1.165) is 24.8 Å². The fourth-order valence-corrected chi connectivity index (χ4v) is 5.70. The van der Waals surface area contributed by atoms with E-state index in [4.69, 9.17) is 11.6 Å². The molecule has 6 heteroatoms. The van der Waals surface area contributed by atoms with Crippen molar-refractivity contribution in [1.82, 2.24) is 4.90 Å². The van der Waals surface area contributed by atoms with E-state index in [9.17, 15) is 9.59 Å². The van der Waals surface area contributed by atoms with E-state index in [1.54, 1.807) is 41.3 Å². The fourth-order valence-electron chi connectivity index (χ4n) is 4.17. The topological polar surface area (TPSA) is 49.4 Å². The highest BCUT2D eigenvalue weighted by Gasteiger charge is 2.35. The van der Waals surface area contributed by atoms with Gasteiger partial charge < -0.3 is 10.2 Å². The number of rotatable bonds is 7. The normalized spacial score (nSPS) is 15.6. The van der Waals surface area contributed by atoms with Crippen LogP contribution in [0.3, 0.4) is 0 Å². The zero-order valence-corrected chi connectivity index (χ0v) is 20.6. The smallest absolute Gasteiger partial charge is 0.257 e. The van der Waals surface area contributed by atoms with Crippen molar-refractivity contribution in [3.8, 4) is 0 Å². The van der Waals surface area contributed by atoms with E-state index >= 15 is 0 Å². The van der Waals surface area contributed by atoms with Crippen LogP contribution in [0.2, 0.25) is 5.02 Å². The maximum absolute atomic E-state index is 13.6. The highest BCUT2D eigenvalue weighted by molar-refractivity contribution is 7.17. The molecule has 0 aliphatic heterocycles. The SMILES string of the molecule is C=CCN(CC=C)C(=O)c1c(NC(=O)c2ccccc2Cl)sc2c1CC[C@H](C(C)(C)C)C2. The number of carbonyl (C=O) groups is 2. The second kappa shape index (κ2) is 10.1. The Morgan fingerprint density at radius 2 is 1.88 bits per heavy atom. The minimum atomic E-state index is -0.311. The van der Waals surface area contributed by atoms with Crippen molar-refractivity contribution < 1.29 is 9.59 Å². The Bertz CT molecular complexity index is 1020. The third-order valence-electron chi connectivity index (χ3n) is 6.04.